The Balaban J connectivity index is 1.85. The molecule has 1 spiro atoms. The first-order chi connectivity index (χ1) is 6.80. The smallest absolute Gasteiger partial charge is 0.0410 e. The highest BCUT2D eigenvalue weighted by Crippen LogP contribution is 2.55. The lowest BCUT2D eigenvalue weighted by atomic mass is 10.1. The molecule has 2 atom stereocenters. The Morgan fingerprint density at radius 1 is 1.50 bits per heavy atom. The van der Waals surface area contributed by atoms with Gasteiger partial charge < -0.3 is 5.32 Å². The summed E-state index contributed by atoms with van der Waals surface area (Å²) in [6, 6.07) is 2.20. The Labute approximate surface area is 92.2 Å². The fourth-order valence-corrected chi connectivity index (χ4v) is 3.04. The van der Waals surface area contributed by atoms with E-state index < -0.39 is 0 Å². The molecule has 0 aromatic carbocycles. The van der Waals surface area contributed by atoms with E-state index in [0.717, 1.165) is 4.47 Å². The molecule has 3 heteroatoms. The Kier molecular flexibility index (Phi) is 1.92. The minimum Gasteiger partial charge on any atom is -0.311 e. The normalized spacial score (nSPS) is 35.1. The second kappa shape index (κ2) is 3.04. The van der Waals surface area contributed by atoms with Gasteiger partial charge in [0.15, 0.2) is 0 Å². The summed E-state index contributed by atoms with van der Waals surface area (Å²) in [4.78, 5) is 4.23. The maximum absolute atomic E-state index is 4.23. The lowest BCUT2D eigenvalue weighted by Crippen LogP contribution is -2.25. The number of aromatic nitrogens is 1. The zero-order valence-electron chi connectivity index (χ0n) is 7.96. The number of hydrogen-bond acceptors (Lipinski definition) is 2. The van der Waals surface area contributed by atoms with Gasteiger partial charge in [0.2, 0.25) is 0 Å². The van der Waals surface area contributed by atoms with Crippen LogP contribution in [0.1, 0.15) is 30.7 Å². The quantitative estimate of drug-likeness (QED) is 0.831. The summed E-state index contributed by atoms with van der Waals surface area (Å²) in [7, 11) is 0. The van der Waals surface area contributed by atoms with Crippen LogP contribution in [0.25, 0.3) is 0 Å². The molecule has 1 saturated heterocycles. The Morgan fingerprint density at radius 3 is 3.14 bits per heavy atom. The molecule has 1 aromatic rings. The number of rotatable bonds is 1. The van der Waals surface area contributed by atoms with Crippen molar-refractivity contribution in [2.45, 2.75) is 30.7 Å². The van der Waals surface area contributed by atoms with Gasteiger partial charge in [0.25, 0.3) is 0 Å². The number of nitrogens with zero attached hydrogens (tertiary/aromatic N) is 1. The molecule has 1 saturated carbocycles. The minimum absolute atomic E-state index is 0.447. The highest BCUT2D eigenvalue weighted by molar-refractivity contribution is 9.10. The third kappa shape index (κ3) is 1.30. The van der Waals surface area contributed by atoms with Crippen LogP contribution in [0, 0.1) is 0 Å². The summed E-state index contributed by atoms with van der Waals surface area (Å²) in [5.41, 5.74) is 1.83. The molecule has 2 nitrogen and oxygen atoms in total. The number of nitrogens with one attached hydrogen (secondary N) is 1. The van der Waals surface area contributed by atoms with Crippen molar-refractivity contribution in [3.05, 3.63) is 28.5 Å². The lowest BCUT2D eigenvalue weighted by molar-refractivity contribution is 0.578. The zero-order valence-corrected chi connectivity index (χ0v) is 9.55. The second-order valence-electron chi connectivity index (χ2n) is 4.38. The van der Waals surface area contributed by atoms with E-state index in [0.29, 0.717) is 11.5 Å². The van der Waals surface area contributed by atoms with Crippen molar-refractivity contribution in [1.82, 2.24) is 10.3 Å². The molecule has 0 bridgehead atoms. The van der Waals surface area contributed by atoms with Crippen molar-refractivity contribution in [1.29, 1.82) is 0 Å². The molecule has 3 rings (SSSR count). The molecule has 2 aliphatic rings. The van der Waals surface area contributed by atoms with Gasteiger partial charge in [-0.25, -0.2) is 0 Å². The van der Waals surface area contributed by atoms with Crippen LogP contribution in [0.3, 0.4) is 0 Å². The molecule has 1 aromatic heterocycles. The van der Waals surface area contributed by atoms with Gasteiger partial charge >= 0.3 is 0 Å². The monoisotopic (exact) mass is 252 g/mol. The van der Waals surface area contributed by atoms with Crippen molar-refractivity contribution < 1.29 is 0 Å². The molecule has 14 heavy (non-hydrogen) atoms. The maximum atomic E-state index is 4.23. The van der Waals surface area contributed by atoms with Crippen LogP contribution in [0.5, 0.6) is 0 Å². The Morgan fingerprint density at radius 2 is 2.43 bits per heavy atom. The molecule has 2 heterocycles. The van der Waals surface area contributed by atoms with Gasteiger partial charge in [0, 0.05) is 28.3 Å². The highest BCUT2D eigenvalue weighted by Gasteiger charge is 2.55. The predicted molar refractivity (Wildman–Crippen MR) is 59.3 cm³/mol. The largest absolute Gasteiger partial charge is 0.311 e. The summed E-state index contributed by atoms with van der Waals surface area (Å²) < 4.78 is 1.09. The van der Waals surface area contributed by atoms with Gasteiger partial charge in [-0.1, -0.05) is 0 Å². The average Bonchev–Trinajstić information content (AvgIpc) is 2.65. The fraction of sp³-hybridized carbons (Fsp3) is 0.545. The topological polar surface area (TPSA) is 24.9 Å². The standard InChI is InChI=1S/C11H13BrN2/c12-9-4-8(6-13-7-9)10-5-11(10)2-1-3-14-11/h4,6-7,10,14H,1-3,5H2. The SMILES string of the molecule is Brc1cncc(C2CC23CCCN3)c1. The summed E-state index contributed by atoms with van der Waals surface area (Å²) in [5, 5.41) is 3.63. The van der Waals surface area contributed by atoms with E-state index in [1.807, 2.05) is 12.4 Å². The molecule has 0 radical (unpaired) electrons. The van der Waals surface area contributed by atoms with Gasteiger partial charge in [-0.05, 0) is 53.4 Å². The summed E-state index contributed by atoms with van der Waals surface area (Å²) in [6.07, 6.45) is 7.82. The molecule has 0 amide bonds. The van der Waals surface area contributed by atoms with Gasteiger partial charge in [-0.2, -0.15) is 0 Å². The van der Waals surface area contributed by atoms with Crippen LogP contribution >= 0.6 is 15.9 Å². The van der Waals surface area contributed by atoms with Crippen LogP contribution < -0.4 is 5.32 Å². The van der Waals surface area contributed by atoms with Crippen molar-refractivity contribution >= 4 is 15.9 Å². The van der Waals surface area contributed by atoms with Crippen LogP contribution in [-0.2, 0) is 0 Å². The van der Waals surface area contributed by atoms with Gasteiger partial charge in [-0.3, -0.25) is 4.98 Å². The molecule has 1 aliphatic heterocycles. The van der Waals surface area contributed by atoms with E-state index in [1.165, 1.54) is 31.4 Å². The number of hydrogen-bond donors (Lipinski definition) is 1. The lowest BCUT2D eigenvalue weighted by Gasteiger charge is -2.09. The van der Waals surface area contributed by atoms with Crippen molar-refractivity contribution in [2.75, 3.05) is 6.54 Å². The Bertz CT molecular complexity index is 358. The zero-order chi connectivity index (χ0) is 9.60. The number of pyridine rings is 1. The molecule has 74 valence electrons. The maximum Gasteiger partial charge on any atom is 0.0410 e. The third-order valence-electron chi connectivity index (χ3n) is 3.48. The van der Waals surface area contributed by atoms with E-state index >= 15 is 0 Å². The van der Waals surface area contributed by atoms with E-state index in [4.69, 9.17) is 0 Å². The van der Waals surface area contributed by atoms with Crippen LogP contribution in [0.2, 0.25) is 0 Å². The first-order valence-corrected chi connectivity index (χ1v) is 5.95. The van der Waals surface area contributed by atoms with Crippen molar-refractivity contribution in [3.8, 4) is 0 Å². The van der Waals surface area contributed by atoms with Crippen LogP contribution in [0.4, 0.5) is 0 Å². The molecule has 1 aliphatic carbocycles. The average molecular weight is 253 g/mol. The molecule has 2 unspecified atom stereocenters. The van der Waals surface area contributed by atoms with E-state index in [2.05, 4.69) is 32.3 Å². The predicted octanol–water partition coefficient (Wildman–Crippen LogP) is 2.45. The van der Waals surface area contributed by atoms with Crippen LogP contribution in [0.15, 0.2) is 22.9 Å². The Hall–Kier alpha value is -0.410. The van der Waals surface area contributed by atoms with Gasteiger partial charge in [-0.15, -0.1) is 0 Å². The highest BCUT2D eigenvalue weighted by atomic mass is 79.9. The van der Waals surface area contributed by atoms with Gasteiger partial charge in [0.05, 0.1) is 0 Å². The van der Waals surface area contributed by atoms with Gasteiger partial charge in [0.1, 0.15) is 0 Å². The van der Waals surface area contributed by atoms with E-state index in [9.17, 15) is 0 Å². The van der Waals surface area contributed by atoms with Crippen molar-refractivity contribution in [2.24, 2.45) is 0 Å². The van der Waals surface area contributed by atoms with Crippen LogP contribution in [-0.4, -0.2) is 17.1 Å². The molecule has 1 N–H and O–H groups in total. The summed E-state index contributed by atoms with van der Waals surface area (Å²) in [5.74, 6) is 0.704. The molecule has 2 fully saturated rings. The molecular formula is C11H13BrN2. The van der Waals surface area contributed by atoms with E-state index in [-0.39, 0.29) is 0 Å². The summed E-state index contributed by atoms with van der Waals surface area (Å²) >= 11 is 3.47. The van der Waals surface area contributed by atoms with E-state index in [1.54, 1.807) is 0 Å². The number of halogens is 1. The third-order valence-corrected chi connectivity index (χ3v) is 3.91. The second-order valence-corrected chi connectivity index (χ2v) is 5.30. The van der Waals surface area contributed by atoms with Crippen molar-refractivity contribution in [3.63, 3.8) is 0 Å². The fourth-order valence-electron chi connectivity index (χ4n) is 2.66. The summed E-state index contributed by atoms with van der Waals surface area (Å²) in [6.45, 7) is 1.19. The first-order valence-electron chi connectivity index (χ1n) is 5.16. The first kappa shape index (κ1) is 8.86. The minimum atomic E-state index is 0.447. The molecular weight excluding hydrogens is 240 g/mol.